The van der Waals surface area contributed by atoms with Crippen molar-refractivity contribution in [1.82, 2.24) is 0 Å². The number of nitrogens with one attached hydrogen (secondary N) is 1. The molecule has 126 valence electrons. The number of amides is 1. The fourth-order valence-electron chi connectivity index (χ4n) is 2.38. The number of anilines is 1. The fraction of sp³-hybridized carbons (Fsp3) is 0.300. The Balaban J connectivity index is 1.75. The lowest BCUT2D eigenvalue weighted by atomic mass is 9.98. The van der Waals surface area contributed by atoms with Crippen molar-refractivity contribution in [3.63, 3.8) is 0 Å². The predicted molar refractivity (Wildman–Crippen MR) is 94.9 cm³/mol. The number of hydrogen-bond donors (Lipinski definition) is 1. The lowest BCUT2D eigenvalue weighted by molar-refractivity contribution is -0.147. The summed E-state index contributed by atoms with van der Waals surface area (Å²) in [5, 5.41) is 2.72. The lowest BCUT2D eigenvalue weighted by Gasteiger charge is -2.11. The van der Waals surface area contributed by atoms with E-state index >= 15 is 0 Å². The summed E-state index contributed by atoms with van der Waals surface area (Å²) in [5.41, 5.74) is 2.98. The zero-order valence-electron chi connectivity index (χ0n) is 14.1. The van der Waals surface area contributed by atoms with Gasteiger partial charge in [-0.3, -0.25) is 9.59 Å². The first-order chi connectivity index (χ1) is 11.6. The number of rotatable bonds is 7. The van der Waals surface area contributed by atoms with Crippen LogP contribution in [0.5, 0.6) is 0 Å². The van der Waals surface area contributed by atoms with Crippen LogP contribution in [0, 0.1) is 0 Å². The number of carbonyl (C=O) groups is 2. The normalized spacial score (nSPS) is 11.6. The molecule has 0 saturated carbocycles. The highest BCUT2D eigenvalue weighted by molar-refractivity contribution is 5.92. The zero-order chi connectivity index (χ0) is 17.4. The molecule has 24 heavy (non-hydrogen) atoms. The molecule has 0 radical (unpaired) electrons. The van der Waals surface area contributed by atoms with Gasteiger partial charge in [0.05, 0.1) is 6.42 Å². The van der Waals surface area contributed by atoms with Gasteiger partial charge in [0, 0.05) is 5.69 Å². The fourth-order valence-corrected chi connectivity index (χ4v) is 2.38. The maximum absolute atomic E-state index is 11.9. The Morgan fingerprint density at radius 1 is 1.04 bits per heavy atom. The van der Waals surface area contributed by atoms with Gasteiger partial charge in [-0.1, -0.05) is 56.3 Å². The highest BCUT2D eigenvalue weighted by Gasteiger charge is 2.13. The smallest absolute Gasteiger partial charge is 0.306 e. The molecule has 4 nitrogen and oxygen atoms in total. The van der Waals surface area contributed by atoms with E-state index in [4.69, 9.17) is 4.74 Å². The highest BCUT2D eigenvalue weighted by Crippen LogP contribution is 2.18. The van der Waals surface area contributed by atoms with E-state index in [1.807, 2.05) is 61.5 Å². The van der Waals surface area contributed by atoms with E-state index in [0.29, 0.717) is 5.69 Å². The molecule has 1 atom stereocenters. The zero-order valence-corrected chi connectivity index (χ0v) is 14.1. The van der Waals surface area contributed by atoms with Gasteiger partial charge in [0.1, 0.15) is 0 Å². The van der Waals surface area contributed by atoms with Gasteiger partial charge < -0.3 is 10.1 Å². The van der Waals surface area contributed by atoms with E-state index < -0.39 is 0 Å². The van der Waals surface area contributed by atoms with Gasteiger partial charge in [0.2, 0.25) is 0 Å². The third-order valence-corrected chi connectivity index (χ3v) is 3.85. The molecular weight excluding hydrogens is 302 g/mol. The van der Waals surface area contributed by atoms with Crippen molar-refractivity contribution in [3.05, 3.63) is 65.7 Å². The minimum Gasteiger partial charge on any atom is -0.456 e. The highest BCUT2D eigenvalue weighted by atomic mass is 16.5. The van der Waals surface area contributed by atoms with Gasteiger partial charge in [-0.25, -0.2) is 0 Å². The molecule has 0 saturated heterocycles. The summed E-state index contributed by atoms with van der Waals surface area (Å²) in [6.45, 7) is 3.77. The number of carbonyl (C=O) groups excluding carboxylic acids is 2. The molecule has 0 unspecified atom stereocenters. The number of ether oxygens (including phenoxy) is 1. The molecular formula is C20H23NO3. The van der Waals surface area contributed by atoms with Gasteiger partial charge in [-0.05, 0) is 35.6 Å². The molecule has 0 heterocycles. The summed E-state index contributed by atoms with van der Waals surface area (Å²) in [6, 6.07) is 17.4. The molecule has 2 rings (SSSR count). The number of benzene rings is 2. The number of hydrogen-bond acceptors (Lipinski definition) is 3. The Hall–Kier alpha value is -2.62. The van der Waals surface area contributed by atoms with Crippen molar-refractivity contribution >= 4 is 17.6 Å². The first kappa shape index (κ1) is 17.7. The van der Waals surface area contributed by atoms with Gasteiger partial charge in [0.25, 0.3) is 5.91 Å². The summed E-state index contributed by atoms with van der Waals surface area (Å²) < 4.78 is 5.06. The average molecular weight is 325 g/mol. The van der Waals surface area contributed by atoms with Crippen molar-refractivity contribution < 1.29 is 14.3 Å². The third kappa shape index (κ3) is 5.54. The van der Waals surface area contributed by atoms with Crippen molar-refractivity contribution in [1.29, 1.82) is 0 Å². The van der Waals surface area contributed by atoms with Gasteiger partial charge >= 0.3 is 5.97 Å². The van der Waals surface area contributed by atoms with Crippen LogP contribution >= 0.6 is 0 Å². The third-order valence-electron chi connectivity index (χ3n) is 3.85. The van der Waals surface area contributed by atoms with E-state index in [0.717, 1.165) is 12.0 Å². The molecule has 2 aromatic rings. The minimum atomic E-state index is -0.372. The Morgan fingerprint density at radius 2 is 1.71 bits per heavy atom. The summed E-state index contributed by atoms with van der Waals surface area (Å²) in [5.74, 6) is -0.647. The van der Waals surface area contributed by atoms with Crippen LogP contribution in [-0.4, -0.2) is 18.5 Å². The number of aryl methyl sites for hydroxylation is 1. The Morgan fingerprint density at radius 3 is 2.33 bits per heavy atom. The van der Waals surface area contributed by atoms with Crippen molar-refractivity contribution in [3.8, 4) is 0 Å². The maximum Gasteiger partial charge on any atom is 0.306 e. The van der Waals surface area contributed by atoms with Crippen LogP contribution in [0.3, 0.4) is 0 Å². The lowest BCUT2D eigenvalue weighted by Crippen LogP contribution is -2.21. The van der Waals surface area contributed by atoms with Crippen LogP contribution in [0.4, 0.5) is 5.69 Å². The summed E-state index contributed by atoms with van der Waals surface area (Å²) in [7, 11) is 0. The Labute approximate surface area is 142 Å². The molecule has 0 spiro atoms. The van der Waals surface area contributed by atoms with Crippen LogP contribution in [-0.2, 0) is 20.7 Å². The van der Waals surface area contributed by atoms with Crippen LogP contribution < -0.4 is 5.32 Å². The average Bonchev–Trinajstić information content (AvgIpc) is 2.61. The molecule has 1 N–H and O–H groups in total. The second kappa shape index (κ2) is 8.87. The topological polar surface area (TPSA) is 55.4 Å². The quantitative estimate of drug-likeness (QED) is 0.785. The maximum atomic E-state index is 11.9. The predicted octanol–water partition coefficient (Wildman–Crippen LogP) is 3.92. The van der Waals surface area contributed by atoms with E-state index in [9.17, 15) is 9.59 Å². The van der Waals surface area contributed by atoms with Crippen molar-refractivity contribution in [2.75, 3.05) is 11.9 Å². The molecule has 0 bridgehead atoms. The van der Waals surface area contributed by atoms with Crippen LogP contribution in [0.15, 0.2) is 54.6 Å². The van der Waals surface area contributed by atoms with E-state index in [1.165, 1.54) is 5.56 Å². The molecule has 0 aromatic heterocycles. The molecule has 0 aliphatic carbocycles. The van der Waals surface area contributed by atoms with Crippen LogP contribution in [0.25, 0.3) is 0 Å². The van der Waals surface area contributed by atoms with Gasteiger partial charge in [-0.15, -0.1) is 0 Å². The molecule has 4 heteroatoms. The molecule has 1 amide bonds. The van der Waals surface area contributed by atoms with Crippen molar-refractivity contribution in [2.45, 2.75) is 32.6 Å². The van der Waals surface area contributed by atoms with Crippen LogP contribution in [0.1, 0.15) is 37.3 Å². The van der Waals surface area contributed by atoms with E-state index in [1.54, 1.807) is 0 Å². The second-order valence-electron chi connectivity index (χ2n) is 5.78. The summed E-state index contributed by atoms with van der Waals surface area (Å²) >= 11 is 0. The molecule has 0 fully saturated rings. The van der Waals surface area contributed by atoms with E-state index in [2.05, 4.69) is 12.2 Å². The van der Waals surface area contributed by atoms with Gasteiger partial charge in [0.15, 0.2) is 6.61 Å². The second-order valence-corrected chi connectivity index (χ2v) is 5.78. The Bertz CT molecular complexity index is 665. The standard InChI is InChI=1S/C20H23NO3/c1-3-16-9-11-18(12-10-16)21-19(22)14-24-20(23)13-15(2)17-7-5-4-6-8-17/h4-12,15H,3,13-14H2,1-2H3,(H,21,22)/t15-/m0/s1. The molecule has 0 aliphatic rings. The molecule has 0 aliphatic heterocycles. The first-order valence-electron chi connectivity index (χ1n) is 8.18. The number of esters is 1. The van der Waals surface area contributed by atoms with Crippen molar-refractivity contribution in [2.24, 2.45) is 0 Å². The minimum absolute atomic E-state index is 0.0587. The monoisotopic (exact) mass is 325 g/mol. The van der Waals surface area contributed by atoms with Crippen LogP contribution in [0.2, 0.25) is 0 Å². The Kier molecular flexibility index (Phi) is 6.55. The molecule has 2 aromatic carbocycles. The van der Waals surface area contributed by atoms with E-state index in [-0.39, 0.29) is 30.8 Å². The SMILES string of the molecule is CCc1ccc(NC(=O)COC(=O)C[C@H](C)c2ccccc2)cc1. The summed E-state index contributed by atoms with van der Waals surface area (Å²) in [4.78, 5) is 23.7. The summed E-state index contributed by atoms with van der Waals surface area (Å²) in [6.07, 6.45) is 1.20. The first-order valence-corrected chi connectivity index (χ1v) is 8.18. The van der Waals surface area contributed by atoms with Gasteiger partial charge in [-0.2, -0.15) is 0 Å². The largest absolute Gasteiger partial charge is 0.456 e.